The van der Waals surface area contributed by atoms with Crippen LogP contribution in [-0.2, 0) is 17.8 Å². The van der Waals surface area contributed by atoms with Gasteiger partial charge < -0.3 is 24.9 Å². The van der Waals surface area contributed by atoms with Crippen LogP contribution in [0.5, 0.6) is 5.75 Å². The lowest BCUT2D eigenvalue weighted by Gasteiger charge is -2.34. The van der Waals surface area contributed by atoms with Crippen LogP contribution in [0.3, 0.4) is 0 Å². The van der Waals surface area contributed by atoms with Gasteiger partial charge >= 0.3 is 5.97 Å². The van der Waals surface area contributed by atoms with E-state index in [0.29, 0.717) is 18.7 Å². The molecule has 2 fully saturated rings. The summed E-state index contributed by atoms with van der Waals surface area (Å²) in [4.78, 5) is 30.4. The summed E-state index contributed by atoms with van der Waals surface area (Å²) >= 11 is 0. The maximum Gasteiger partial charge on any atom is 0.335 e. The molecular weight excluding hydrogens is 563 g/mol. The number of rotatable bonds is 8. The topological polar surface area (TPSA) is 120 Å². The van der Waals surface area contributed by atoms with Crippen molar-refractivity contribution in [1.29, 1.82) is 0 Å². The zero-order valence-corrected chi connectivity index (χ0v) is 24.1. The standard InChI is InChI=1S/C34H33FN4O5/c35-27-16-22(33(36)40)4-7-26(27)30-9-6-21-2-1-3-25(32(21)44-30)20-10-13-38(14-11-20)19-31-37-28-8-5-23(34(41)42)17-29(28)39(31)18-24-12-15-43-24/h1-9,16-17,20,24,30H,10-15,18-19H2,(H2,36,40)(H,41,42)/t24-,30-/m0/s1. The number of carbonyl (C=O) groups excluding carboxylic acids is 1. The number of hydrogen-bond donors (Lipinski definition) is 2. The zero-order valence-electron chi connectivity index (χ0n) is 24.1. The third kappa shape index (κ3) is 5.35. The monoisotopic (exact) mass is 596 g/mol. The summed E-state index contributed by atoms with van der Waals surface area (Å²) in [7, 11) is 0. The molecule has 2 saturated heterocycles. The molecule has 0 unspecified atom stereocenters. The Bertz CT molecular complexity index is 1790. The summed E-state index contributed by atoms with van der Waals surface area (Å²) in [5.41, 5.74) is 9.72. The van der Waals surface area contributed by atoms with Gasteiger partial charge in [-0.2, -0.15) is 0 Å². The van der Waals surface area contributed by atoms with E-state index >= 15 is 0 Å². The molecule has 3 N–H and O–H groups in total. The largest absolute Gasteiger partial charge is 0.481 e. The number of para-hydroxylation sites is 1. The average Bonchev–Trinajstić information content (AvgIpc) is 3.34. The van der Waals surface area contributed by atoms with Crippen molar-refractivity contribution in [3.05, 3.63) is 100 Å². The van der Waals surface area contributed by atoms with Crippen molar-refractivity contribution < 1.29 is 28.6 Å². The van der Waals surface area contributed by atoms with Gasteiger partial charge in [-0.05, 0) is 80.2 Å². The third-order valence-corrected chi connectivity index (χ3v) is 9.01. The first-order valence-corrected chi connectivity index (χ1v) is 15.0. The molecule has 3 aliphatic rings. The molecule has 1 aromatic heterocycles. The summed E-state index contributed by atoms with van der Waals surface area (Å²) in [5, 5.41) is 9.54. The van der Waals surface area contributed by atoms with Crippen LogP contribution in [0.2, 0.25) is 0 Å². The van der Waals surface area contributed by atoms with Gasteiger partial charge in [0.15, 0.2) is 0 Å². The van der Waals surface area contributed by atoms with Crippen molar-refractivity contribution in [2.24, 2.45) is 5.73 Å². The molecule has 0 bridgehead atoms. The second-order valence-corrected chi connectivity index (χ2v) is 11.7. The molecule has 7 rings (SSSR count). The number of nitrogens with two attached hydrogens (primary N) is 1. The fourth-order valence-electron chi connectivity index (χ4n) is 6.46. The maximum absolute atomic E-state index is 14.9. The normalized spacial score (nSPS) is 20.2. The SMILES string of the molecule is NC(=O)c1ccc([C@@H]2C=Cc3cccc(C4CCN(Cc5nc6ccc(C(=O)O)cc6n5C[C@@H]5CCO5)CC4)c3O2)c(F)c1. The van der Waals surface area contributed by atoms with Crippen molar-refractivity contribution in [2.45, 2.75) is 50.5 Å². The Labute approximate surface area is 253 Å². The second-order valence-electron chi connectivity index (χ2n) is 11.7. The smallest absolute Gasteiger partial charge is 0.335 e. The molecular formula is C34H33FN4O5. The number of fused-ring (bicyclic) bond motifs is 2. The molecule has 10 heteroatoms. The molecule has 226 valence electrons. The number of imidazole rings is 1. The molecule has 0 radical (unpaired) electrons. The maximum atomic E-state index is 14.9. The van der Waals surface area contributed by atoms with Gasteiger partial charge in [0.1, 0.15) is 23.5 Å². The Morgan fingerprint density at radius 2 is 1.82 bits per heavy atom. The summed E-state index contributed by atoms with van der Waals surface area (Å²) in [6.07, 6.45) is 6.12. The van der Waals surface area contributed by atoms with Crippen LogP contribution >= 0.6 is 0 Å². The Morgan fingerprint density at radius 3 is 2.52 bits per heavy atom. The Morgan fingerprint density at radius 1 is 1.02 bits per heavy atom. The number of carboxylic acid groups (broad SMARTS) is 1. The predicted octanol–water partition coefficient (Wildman–Crippen LogP) is 5.29. The summed E-state index contributed by atoms with van der Waals surface area (Å²) in [5.74, 6) is -0.202. The van der Waals surface area contributed by atoms with E-state index < -0.39 is 23.8 Å². The number of piperidine rings is 1. The molecule has 9 nitrogen and oxygen atoms in total. The highest BCUT2D eigenvalue weighted by Crippen LogP contribution is 2.42. The second kappa shape index (κ2) is 11.5. The number of carbonyl (C=O) groups is 2. The van der Waals surface area contributed by atoms with Crippen LogP contribution in [0.25, 0.3) is 17.1 Å². The molecule has 4 heterocycles. The number of amides is 1. The number of likely N-dealkylation sites (tertiary alicyclic amines) is 1. The first-order valence-electron chi connectivity index (χ1n) is 15.0. The van der Waals surface area contributed by atoms with E-state index in [1.807, 2.05) is 24.3 Å². The fourth-order valence-corrected chi connectivity index (χ4v) is 6.46. The lowest BCUT2D eigenvalue weighted by molar-refractivity contribution is -0.0592. The van der Waals surface area contributed by atoms with Crippen LogP contribution in [0, 0.1) is 5.82 Å². The van der Waals surface area contributed by atoms with Gasteiger partial charge in [0, 0.05) is 23.3 Å². The third-order valence-electron chi connectivity index (χ3n) is 9.01. The lowest BCUT2D eigenvalue weighted by atomic mass is 9.87. The van der Waals surface area contributed by atoms with Gasteiger partial charge in [0.2, 0.25) is 5.91 Å². The summed E-state index contributed by atoms with van der Waals surface area (Å²) < 4.78 is 29.2. The summed E-state index contributed by atoms with van der Waals surface area (Å²) in [6.45, 7) is 3.78. The molecule has 3 aromatic carbocycles. The van der Waals surface area contributed by atoms with Crippen LogP contribution in [0.1, 0.15) is 74.5 Å². The van der Waals surface area contributed by atoms with Crippen LogP contribution in [0.15, 0.2) is 60.7 Å². The summed E-state index contributed by atoms with van der Waals surface area (Å²) in [6, 6.07) is 15.5. The minimum absolute atomic E-state index is 0.113. The van der Waals surface area contributed by atoms with Crippen molar-refractivity contribution in [3.8, 4) is 5.75 Å². The molecule has 3 aliphatic heterocycles. The van der Waals surface area contributed by atoms with Crippen molar-refractivity contribution >= 4 is 29.0 Å². The van der Waals surface area contributed by atoms with Crippen LogP contribution < -0.4 is 10.5 Å². The number of benzene rings is 3. The van der Waals surface area contributed by atoms with E-state index in [9.17, 15) is 19.1 Å². The molecule has 0 saturated carbocycles. The van der Waals surface area contributed by atoms with E-state index in [2.05, 4.69) is 15.5 Å². The van der Waals surface area contributed by atoms with Crippen LogP contribution in [0.4, 0.5) is 4.39 Å². The Kier molecular flexibility index (Phi) is 7.39. The van der Waals surface area contributed by atoms with Gasteiger partial charge in [-0.25, -0.2) is 14.2 Å². The molecule has 4 aromatic rings. The number of hydrogen-bond acceptors (Lipinski definition) is 6. The van der Waals surface area contributed by atoms with Gasteiger partial charge in [0.05, 0.1) is 35.8 Å². The highest BCUT2D eigenvalue weighted by atomic mass is 19.1. The molecule has 2 atom stereocenters. The number of halogens is 1. The van der Waals surface area contributed by atoms with Crippen molar-refractivity contribution in [3.63, 3.8) is 0 Å². The number of aromatic nitrogens is 2. The predicted molar refractivity (Wildman–Crippen MR) is 162 cm³/mol. The van der Waals surface area contributed by atoms with E-state index in [4.69, 9.17) is 20.2 Å². The quantitative estimate of drug-likeness (QED) is 0.284. The van der Waals surface area contributed by atoms with Crippen molar-refractivity contribution in [1.82, 2.24) is 14.5 Å². The first-order chi connectivity index (χ1) is 21.3. The number of carboxylic acids is 1. The highest BCUT2D eigenvalue weighted by molar-refractivity contribution is 5.93. The minimum atomic E-state index is -0.955. The van der Waals surface area contributed by atoms with Crippen LogP contribution in [-0.4, -0.2) is 57.2 Å². The van der Waals surface area contributed by atoms with Crippen molar-refractivity contribution in [2.75, 3.05) is 19.7 Å². The Hall–Kier alpha value is -4.54. The Balaban J connectivity index is 1.07. The lowest BCUT2D eigenvalue weighted by Crippen LogP contribution is -2.35. The minimum Gasteiger partial charge on any atom is -0.481 e. The fraction of sp³-hybridized carbons (Fsp3) is 0.324. The molecule has 1 amide bonds. The average molecular weight is 597 g/mol. The number of aromatic carboxylic acids is 1. The zero-order chi connectivity index (χ0) is 30.4. The molecule has 0 spiro atoms. The molecule has 0 aliphatic carbocycles. The van der Waals surface area contributed by atoms with E-state index in [0.717, 1.165) is 78.8 Å². The van der Waals surface area contributed by atoms with Gasteiger partial charge in [-0.3, -0.25) is 9.69 Å². The van der Waals surface area contributed by atoms with E-state index in [1.54, 1.807) is 24.3 Å². The van der Waals surface area contributed by atoms with Gasteiger partial charge in [0.25, 0.3) is 0 Å². The number of ether oxygens (including phenoxy) is 2. The highest BCUT2D eigenvalue weighted by Gasteiger charge is 2.29. The number of primary amides is 1. The van der Waals surface area contributed by atoms with E-state index in [-0.39, 0.29) is 23.1 Å². The van der Waals surface area contributed by atoms with Gasteiger partial charge in [-0.1, -0.05) is 30.3 Å². The number of nitrogens with zero attached hydrogens (tertiary/aromatic N) is 3. The van der Waals surface area contributed by atoms with E-state index in [1.165, 1.54) is 6.07 Å². The first kappa shape index (κ1) is 28.2. The van der Waals surface area contributed by atoms with Gasteiger partial charge in [-0.15, -0.1) is 0 Å². The molecule has 44 heavy (non-hydrogen) atoms.